The van der Waals surface area contributed by atoms with Crippen LogP contribution in [0.5, 0.6) is 0 Å². The summed E-state index contributed by atoms with van der Waals surface area (Å²) in [7, 11) is 0. The minimum absolute atomic E-state index is 0.102. The summed E-state index contributed by atoms with van der Waals surface area (Å²) >= 11 is 6.09. The Morgan fingerprint density at radius 1 is 1.30 bits per heavy atom. The van der Waals surface area contributed by atoms with E-state index in [4.69, 9.17) is 16.3 Å². The number of aromatic amines is 1. The lowest BCUT2D eigenvalue weighted by Gasteiger charge is -2.40. The van der Waals surface area contributed by atoms with Gasteiger partial charge in [-0.15, -0.1) is 0 Å². The number of ether oxygens (including phenoxy) is 1. The van der Waals surface area contributed by atoms with Crippen LogP contribution in [-0.4, -0.2) is 81.8 Å². The molecule has 1 fully saturated rings. The van der Waals surface area contributed by atoms with Crippen molar-refractivity contribution in [3.8, 4) is 11.4 Å². The second-order valence-corrected chi connectivity index (χ2v) is 9.39. The number of halogens is 4. The first-order valence-corrected chi connectivity index (χ1v) is 11.9. The molecule has 2 amide bonds. The average Bonchev–Trinajstić information content (AvgIpc) is 3.28. The first-order chi connectivity index (χ1) is 17.5. The van der Waals surface area contributed by atoms with Crippen molar-refractivity contribution in [2.24, 2.45) is 5.92 Å². The zero-order valence-electron chi connectivity index (χ0n) is 20.0. The molecule has 0 bridgehead atoms. The van der Waals surface area contributed by atoms with Crippen LogP contribution in [0.2, 0.25) is 5.02 Å². The van der Waals surface area contributed by atoms with Gasteiger partial charge in [0.25, 0.3) is 0 Å². The SMILES string of the molecule is CC(C)COC(=O)N1CCN(c2ccnc(-c3c[nH]c4ncc(Cl)cc34)n2)[C@@H](C(=O)NCC(F)(F)F)C1. The van der Waals surface area contributed by atoms with E-state index in [1.807, 2.05) is 19.2 Å². The summed E-state index contributed by atoms with van der Waals surface area (Å²) in [5.74, 6) is -0.162. The van der Waals surface area contributed by atoms with Crippen molar-refractivity contribution in [1.29, 1.82) is 0 Å². The van der Waals surface area contributed by atoms with E-state index in [0.717, 1.165) is 0 Å². The number of aromatic nitrogens is 4. The first kappa shape index (κ1) is 26.5. The predicted molar refractivity (Wildman–Crippen MR) is 130 cm³/mol. The average molecular weight is 540 g/mol. The molecule has 37 heavy (non-hydrogen) atoms. The van der Waals surface area contributed by atoms with Gasteiger partial charge in [-0.2, -0.15) is 13.2 Å². The van der Waals surface area contributed by atoms with E-state index in [1.165, 1.54) is 17.3 Å². The number of carbonyl (C=O) groups excluding carboxylic acids is 2. The molecule has 1 saturated heterocycles. The molecule has 1 aliphatic heterocycles. The number of rotatable bonds is 6. The highest BCUT2D eigenvalue weighted by Crippen LogP contribution is 2.29. The number of nitrogens with zero attached hydrogens (tertiary/aromatic N) is 5. The van der Waals surface area contributed by atoms with Crippen LogP contribution in [0.4, 0.5) is 23.8 Å². The fourth-order valence-corrected chi connectivity index (χ4v) is 4.04. The highest BCUT2D eigenvalue weighted by Gasteiger charge is 2.38. The number of carbonyl (C=O) groups is 2. The molecule has 0 aliphatic carbocycles. The molecule has 0 unspecified atom stereocenters. The van der Waals surface area contributed by atoms with E-state index in [1.54, 1.807) is 23.2 Å². The third kappa shape index (κ3) is 6.40. The zero-order chi connectivity index (χ0) is 26.7. The van der Waals surface area contributed by atoms with Crippen LogP contribution >= 0.6 is 11.6 Å². The van der Waals surface area contributed by atoms with Gasteiger partial charge in [0, 0.05) is 42.6 Å². The van der Waals surface area contributed by atoms with Gasteiger partial charge in [0.15, 0.2) is 5.82 Å². The van der Waals surface area contributed by atoms with Crippen LogP contribution in [0.15, 0.2) is 30.7 Å². The number of amides is 2. The van der Waals surface area contributed by atoms with Gasteiger partial charge >= 0.3 is 12.3 Å². The van der Waals surface area contributed by atoms with Crippen molar-refractivity contribution in [2.75, 3.05) is 37.7 Å². The summed E-state index contributed by atoms with van der Waals surface area (Å²) in [5, 5.41) is 3.02. The quantitative estimate of drug-likeness (QED) is 0.491. The van der Waals surface area contributed by atoms with Gasteiger partial charge in [-0.25, -0.2) is 19.7 Å². The number of anilines is 1. The zero-order valence-corrected chi connectivity index (χ0v) is 20.8. The maximum absolute atomic E-state index is 12.9. The van der Waals surface area contributed by atoms with Crippen LogP contribution in [0.3, 0.4) is 0 Å². The van der Waals surface area contributed by atoms with E-state index < -0.39 is 30.8 Å². The Morgan fingerprint density at radius 2 is 2.08 bits per heavy atom. The Labute approximate surface area is 215 Å². The van der Waals surface area contributed by atoms with Gasteiger partial charge in [0.2, 0.25) is 5.91 Å². The molecule has 0 spiro atoms. The fourth-order valence-electron chi connectivity index (χ4n) is 3.88. The second-order valence-electron chi connectivity index (χ2n) is 8.95. The first-order valence-electron chi connectivity index (χ1n) is 11.5. The van der Waals surface area contributed by atoms with Crippen molar-refractivity contribution < 1.29 is 27.5 Å². The van der Waals surface area contributed by atoms with Gasteiger partial charge in [-0.3, -0.25) is 4.79 Å². The number of pyridine rings is 1. The van der Waals surface area contributed by atoms with Crippen molar-refractivity contribution in [2.45, 2.75) is 26.1 Å². The highest BCUT2D eigenvalue weighted by molar-refractivity contribution is 6.31. The monoisotopic (exact) mass is 539 g/mol. The predicted octanol–water partition coefficient (Wildman–Crippen LogP) is 3.64. The van der Waals surface area contributed by atoms with Crippen molar-refractivity contribution in [3.05, 3.63) is 35.7 Å². The van der Waals surface area contributed by atoms with E-state index in [-0.39, 0.29) is 32.2 Å². The van der Waals surface area contributed by atoms with E-state index in [2.05, 4.69) is 19.9 Å². The normalized spacial score (nSPS) is 16.4. The molecule has 0 radical (unpaired) electrons. The number of hydrogen-bond acceptors (Lipinski definition) is 7. The van der Waals surface area contributed by atoms with Crippen LogP contribution in [0, 0.1) is 5.92 Å². The molecule has 3 aromatic heterocycles. The number of piperazine rings is 1. The summed E-state index contributed by atoms with van der Waals surface area (Å²) < 4.78 is 43.7. The highest BCUT2D eigenvalue weighted by atomic mass is 35.5. The molecule has 14 heteroatoms. The van der Waals surface area contributed by atoms with Crippen LogP contribution in [-0.2, 0) is 9.53 Å². The minimum Gasteiger partial charge on any atom is -0.449 e. The summed E-state index contributed by atoms with van der Waals surface area (Å²) in [6, 6.07) is 2.13. The van der Waals surface area contributed by atoms with Crippen molar-refractivity contribution in [1.82, 2.24) is 30.2 Å². The third-order valence-corrected chi connectivity index (χ3v) is 5.82. The smallest absolute Gasteiger partial charge is 0.409 e. The molecule has 1 atom stereocenters. The molecule has 1 aliphatic rings. The van der Waals surface area contributed by atoms with Crippen molar-refractivity contribution >= 4 is 40.5 Å². The maximum atomic E-state index is 12.9. The summed E-state index contributed by atoms with van der Waals surface area (Å²) in [5.41, 5.74) is 1.19. The number of H-pyrrole nitrogens is 1. The van der Waals surface area contributed by atoms with Gasteiger partial charge in [-0.1, -0.05) is 25.4 Å². The number of nitrogens with one attached hydrogen (secondary N) is 2. The largest absolute Gasteiger partial charge is 0.449 e. The third-order valence-electron chi connectivity index (χ3n) is 5.62. The molecular formula is C23H25ClF3N7O3. The standard InChI is InChI=1S/C23H25ClF3N7O3/c1-13(2)11-37-22(36)33-5-6-34(17(10-33)21(35)31-12-23(25,26)27)18-3-4-28-20(32-18)16-9-30-19-15(16)7-14(24)8-29-19/h3-4,7-9,13,17H,5-6,10-12H2,1-2H3,(H,29,30)(H,31,35)/t17-/m1/s1. The molecule has 0 aromatic carbocycles. The lowest BCUT2D eigenvalue weighted by atomic mass is 10.1. The van der Waals surface area contributed by atoms with E-state index >= 15 is 0 Å². The molecule has 3 aromatic rings. The van der Waals surface area contributed by atoms with Crippen LogP contribution < -0.4 is 10.2 Å². The fraction of sp³-hybridized carbons (Fsp3) is 0.435. The second kappa shape index (κ2) is 10.8. The summed E-state index contributed by atoms with van der Waals surface area (Å²) in [6.07, 6.45) is -0.561. The van der Waals surface area contributed by atoms with Crippen LogP contribution in [0.25, 0.3) is 22.4 Å². The Bertz CT molecular complexity index is 1280. The number of fused-ring (bicyclic) bond motifs is 1. The Morgan fingerprint density at radius 3 is 2.81 bits per heavy atom. The molecular weight excluding hydrogens is 515 g/mol. The van der Waals surface area contributed by atoms with Gasteiger partial charge in [-0.05, 0) is 18.1 Å². The summed E-state index contributed by atoms with van der Waals surface area (Å²) in [4.78, 5) is 44.4. The van der Waals surface area contributed by atoms with E-state index in [9.17, 15) is 22.8 Å². The molecule has 2 N–H and O–H groups in total. The Kier molecular flexibility index (Phi) is 7.71. The Balaban J connectivity index is 1.62. The number of hydrogen-bond donors (Lipinski definition) is 2. The lowest BCUT2D eigenvalue weighted by molar-refractivity contribution is -0.139. The Hall–Kier alpha value is -3.61. The van der Waals surface area contributed by atoms with Crippen LogP contribution in [0.1, 0.15) is 13.8 Å². The molecule has 198 valence electrons. The van der Waals surface area contributed by atoms with Gasteiger partial charge in [0.1, 0.15) is 24.1 Å². The van der Waals surface area contributed by atoms with Gasteiger partial charge in [0.05, 0.1) is 18.2 Å². The molecule has 0 saturated carbocycles. The maximum Gasteiger partial charge on any atom is 0.409 e. The minimum atomic E-state index is -4.59. The number of alkyl halides is 3. The topological polar surface area (TPSA) is 116 Å². The molecule has 10 nitrogen and oxygen atoms in total. The lowest BCUT2D eigenvalue weighted by Crippen LogP contribution is -2.61. The summed E-state index contributed by atoms with van der Waals surface area (Å²) in [6.45, 7) is 2.60. The van der Waals surface area contributed by atoms with Crippen molar-refractivity contribution in [3.63, 3.8) is 0 Å². The molecule has 4 heterocycles. The molecule has 4 rings (SSSR count). The van der Waals surface area contributed by atoms with E-state index in [0.29, 0.717) is 33.3 Å². The van der Waals surface area contributed by atoms with Gasteiger partial charge < -0.3 is 24.8 Å².